The van der Waals surface area contributed by atoms with Crippen LogP contribution in [0.4, 0.5) is 0 Å². The van der Waals surface area contributed by atoms with E-state index < -0.39 is 6.04 Å². The summed E-state index contributed by atoms with van der Waals surface area (Å²) in [5.74, 6) is 0.398. The summed E-state index contributed by atoms with van der Waals surface area (Å²) in [6.45, 7) is 5.68. The standard InChI is InChI=1S/C17H23N3O/c1-3-5-6-12(4-2)9-15(11-18)20-17(21)16-13-7-8-14(10-13)19-16/h3-6,13-16,19H,2,7-10H2,1H3,(H,20,21)/b5-3-,12-6+. The molecule has 0 aromatic rings. The molecule has 4 nitrogen and oxygen atoms in total. The lowest BCUT2D eigenvalue weighted by atomic mass is 9.98. The minimum absolute atomic E-state index is 0.0387. The van der Waals surface area contributed by atoms with Gasteiger partial charge in [0.15, 0.2) is 0 Å². The first-order valence-electron chi connectivity index (χ1n) is 7.58. The molecule has 2 fully saturated rings. The Hall–Kier alpha value is -1.86. The van der Waals surface area contributed by atoms with Crippen molar-refractivity contribution in [3.63, 3.8) is 0 Å². The van der Waals surface area contributed by atoms with Gasteiger partial charge in [0, 0.05) is 12.5 Å². The maximum absolute atomic E-state index is 12.3. The Morgan fingerprint density at radius 2 is 2.38 bits per heavy atom. The lowest BCUT2D eigenvalue weighted by molar-refractivity contribution is -0.124. The van der Waals surface area contributed by atoms with Crippen molar-refractivity contribution in [2.24, 2.45) is 5.92 Å². The average Bonchev–Trinajstić information content (AvgIpc) is 3.13. The smallest absolute Gasteiger partial charge is 0.238 e. The van der Waals surface area contributed by atoms with Gasteiger partial charge in [-0.25, -0.2) is 0 Å². The molecule has 1 aliphatic heterocycles. The molecular weight excluding hydrogens is 262 g/mol. The summed E-state index contributed by atoms with van der Waals surface area (Å²) in [6.07, 6.45) is 11.3. The van der Waals surface area contributed by atoms with Gasteiger partial charge in [0.05, 0.1) is 12.1 Å². The minimum Gasteiger partial charge on any atom is -0.339 e. The lowest BCUT2D eigenvalue weighted by Gasteiger charge is -2.23. The number of rotatable bonds is 6. The van der Waals surface area contributed by atoms with Gasteiger partial charge in [-0.15, -0.1) is 0 Å². The van der Waals surface area contributed by atoms with Crippen LogP contribution in [-0.2, 0) is 4.79 Å². The van der Waals surface area contributed by atoms with Gasteiger partial charge in [-0.2, -0.15) is 5.26 Å². The van der Waals surface area contributed by atoms with Gasteiger partial charge in [-0.05, 0) is 37.7 Å². The molecule has 2 N–H and O–H groups in total. The molecule has 2 rings (SSSR count). The van der Waals surface area contributed by atoms with Crippen LogP contribution in [-0.4, -0.2) is 24.0 Å². The second-order valence-corrected chi connectivity index (χ2v) is 5.78. The summed E-state index contributed by atoms with van der Waals surface area (Å²) in [6, 6.07) is 2.03. The highest BCUT2D eigenvalue weighted by Crippen LogP contribution is 2.35. The number of hydrogen-bond donors (Lipinski definition) is 2. The van der Waals surface area contributed by atoms with Crippen molar-refractivity contribution >= 4 is 5.91 Å². The normalized spacial score (nSPS) is 29.3. The summed E-state index contributed by atoms with van der Waals surface area (Å²) < 4.78 is 0. The largest absolute Gasteiger partial charge is 0.339 e. The van der Waals surface area contributed by atoms with Crippen LogP contribution >= 0.6 is 0 Å². The number of nitrogens with one attached hydrogen (secondary N) is 2. The molecule has 1 saturated carbocycles. The number of fused-ring (bicyclic) bond motifs is 2. The molecular formula is C17H23N3O. The Balaban J connectivity index is 1.91. The lowest BCUT2D eigenvalue weighted by Crippen LogP contribution is -2.50. The number of carbonyl (C=O) groups excluding carboxylic acids is 1. The molecule has 21 heavy (non-hydrogen) atoms. The van der Waals surface area contributed by atoms with Crippen molar-refractivity contribution in [2.75, 3.05) is 0 Å². The highest BCUT2D eigenvalue weighted by molar-refractivity contribution is 5.83. The fraction of sp³-hybridized carbons (Fsp3) is 0.529. The van der Waals surface area contributed by atoms with Gasteiger partial charge >= 0.3 is 0 Å². The third-order valence-electron chi connectivity index (χ3n) is 4.32. The van der Waals surface area contributed by atoms with Crippen molar-refractivity contribution in [3.05, 3.63) is 36.5 Å². The van der Waals surface area contributed by atoms with Gasteiger partial charge in [0.2, 0.25) is 5.91 Å². The fourth-order valence-electron chi connectivity index (χ4n) is 3.22. The first-order chi connectivity index (χ1) is 10.2. The monoisotopic (exact) mass is 285 g/mol. The number of allylic oxidation sites excluding steroid dienone is 4. The van der Waals surface area contributed by atoms with Crippen LogP contribution in [0.2, 0.25) is 0 Å². The maximum Gasteiger partial charge on any atom is 0.238 e. The van der Waals surface area contributed by atoms with Crippen LogP contribution < -0.4 is 10.6 Å². The van der Waals surface area contributed by atoms with E-state index in [1.165, 1.54) is 6.42 Å². The maximum atomic E-state index is 12.3. The molecule has 0 aromatic carbocycles. The number of piperidine rings is 1. The van der Waals surface area contributed by atoms with E-state index in [2.05, 4.69) is 23.3 Å². The first-order valence-corrected chi connectivity index (χ1v) is 7.58. The Labute approximate surface area is 126 Å². The molecule has 1 saturated heterocycles. The molecule has 4 atom stereocenters. The van der Waals surface area contributed by atoms with Gasteiger partial charge < -0.3 is 10.6 Å². The quantitative estimate of drug-likeness (QED) is 0.735. The molecule has 2 bridgehead atoms. The fourth-order valence-corrected chi connectivity index (χ4v) is 3.22. The molecule has 1 heterocycles. The number of nitriles is 1. The highest BCUT2D eigenvalue weighted by atomic mass is 16.2. The number of hydrogen-bond acceptors (Lipinski definition) is 3. The van der Waals surface area contributed by atoms with Crippen LogP contribution in [0.25, 0.3) is 0 Å². The summed E-state index contributed by atoms with van der Waals surface area (Å²) in [7, 11) is 0. The molecule has 4 heteroatoms. The van der Waals surface area contributed by atoms with Gasteiger partial charge in [-0.1, -0.05) is 30.9 Å². The van der Waals surface area contributed by atoms with Crippen molar-refractivity contribution < 1.29 is 4.79 Å². The van der Waals surface area contributed by atoms with Crippen molar-refractivity contribution in [2.45, 2.75) is 50.7 Å². The number of amides is 1. The van der Waals surface area contributed by atoms with Crippen LogP contribution in [0.15, 0.2) is 36.5 Å². The Kier molecular flexibility index (Phi) is 5.35. The molecule has 0 radical (unpaired) electrons. The van der Waals surface area contributed by atoms with Crippen LogP contribution in [0.3, 0.4) is 0 Å². The molecule has 112 valence electrons. The Morgan fingerprint density at radius 3 is 2.90 bits per heavy atom. The number of carbonyl (C=O) groups is 1. The summed E-state index contributed by atoms with van der Waals surface area (Å²) in [4.78, 5) is 12.3. The molecule has 0 spiro atoms. The van der Waals surface area contributed by atoms with Crippen molar-refractivity contribution in [3.8, 4) is 6.07 Å². The average molecular weight is 285 g/mol. The first kappa shape index (κ1) is 15.5. The Bertz CT molecular complexity index is 501. The zero-order valence-corrected chi connectivity index (χ0v) is 12.5. The predicted octanol–water partition coefficient (Wildman–Crippen LogP) is 2.21. The van der Waals surface area contributed by atoms with Crippen molar-refractivity contribution in [1.29, 1.82) is 5.26 Å². The van der Waals surface area contributed by atoms with Crippen LogP contribution in [0.1, 0.15) is 32.6 Å². The van der Waals surface area contributed by atoms with E-state index in [1.807, 2.05) is 25.2 Å². The zero-order valence-electron chi connectivity index (χ0n) is 12.5. The van der Waals surface area contributed by atoms with E-state index >= 15 is 0 Å². The van der Waals surface area contributed by atoms with E-state index in [9.17, 15) is 10.1 Å². The third-order valence-corrected chi connectivity index (χ3v) is 4.32. The molecule has 0 aromatic heterocycles. The van der Waals surface area contributed by atoms with Crippen molar-refractivity contribution in [1.82, 2.24) is 10.6 Å². The third kappa shape index (κ3) is 3.83. The second kappa shape index (κ2) is 7.24. The summed E-state index contributed by atoms with van der Waals surface area (Å²) >= 11 is 0. The van der Waals surface area contributed by atoms with E-state index in [0.717, 1.165) is 18.4 Å². The summed E-state index contributed by atoms with van der Waals surface area (Å²) in [5.41, 5.74) is 0.945. The molecule has 2 aliphatic rings. The van der Waals surface area contributed by atoms with E-state index in [0.29, 0.717) is 18.4 Å². The second-order valence-electron chi connectivity index (χ2n) is 5.78. The topological polar surface area (TPSA) is 64.9 Å². The van der Waals surface area contributed by atoms with Gasteiger partial charge in [-0.3, -0.25) is 4.79 Å². The SMILES string of the molecule is C=C/C(=C\C=C/C)CC(C#N)NC(=O)C1NC2CCC1C2. The van der Waals surface area contributed by atoms with E-state index in [1.54, 1.807) is 6.08 Å². The minimum atomic E-state index is -0.507. The van der Waals surface area contributed by atoms with Crippen LogP contribution in [0, 0.1) is 17.2 Å². The van der Waals surface area contributed by atoms with Crippen LogP contribution in [0.5, 0.6) is 0 Å². The molecule has 1 aliphatic carbocycles. The zero-order chi connectivity index (χ0) is 15.2. The summed E-state index contributed by atoms with van der Waals surface area (Å²) in [5, 5.41) is 15.5. The van der Waals surface area contributed by atoms with E-state index in [4.69, 9.17) is 0 Å². The Morgan fingerprint density at radius 1 is 1.57 bits per heavy atom. The van der Waals surface area contributed by atoms with Gasteiger partial charge in [0.25, 0.3) is 0 Å². The highest BCUT2D eigenvalue weighted by Gasteiger charge is 2.42. The molecule has 4 unspecified atom stereocenters. The predicted molar refractivity (Wildman–Crippen MR) is 83.3 cm³/mol. The van der Waals surface area contributed by atoms with Gasteiger partial charge in [0.1, 0.15) is 6.04 Å². The van der Waals surface area contributed by atoms with E-state index in [-0.39, 0.29) is 11.9 Å². The molecule has 1 amide bonds. The number of nitrogens with zero attached hydrogens (tertiary/aromatic N) is 1.